The van der Waals surface area contributed by atoms with Crippen LogP contribution in [0.15, 0.2) is 46.5 Å². The number of nitro benzene ring substituents is 1. The van der Waals surface area contributed by atoms with Gasteiger partial charge in [0.15, 0.2) is 5.82 Å². The SMILES string of the molecule is O=[N+]([O-])c1ccccc1Sc1ncc(Cl)cc1F. The lowest BCUT2D eigenvalue weighted by atomic mass is 10.3. The highest BCUT2D eigenvalue weighted by atomic mass is 35.5. The van der Waals surface area contributed by atoms with Gasteiger partial charge in [0.1, 0.15) is 5.03 Å². The molecule has 0 saturated heterocycles. The van der Waals surface area contributed by atoms with Gasteiger partial charge in [0.05, 0.1) is 14.8 Å². The molecule has 0 spiro atoms. The van der Waals surface area contributed by atoms with Crippen LogP contribution in [0, 0.1) is 15.9 Å². The predicted molar refractivity (Wildman–Crippen MR) is 66.4 cm³/mol. The van der Waals surface area contributed by atoms with Crippen molar-refractivity contribution >= 4 is 29.1 Å². The van der Waals surface area contributed by atoms with Crippen molar-refractivity contribution in [3.63, 3.8) is 0 Å². The maximum atomic E-state index is 13.5. The summed E-state index contributed by atoms with van der Waals surface area (Å²) < 4.78 is 13.5. The smallest absolute Gasteiger partial charge is 0.258 e. The van der Waals surface area contributed by atoms with Gasteiger partial charge >= 0.3 is 0 Å². The lowest BCUT2D eigenvalue weighted by Crippen LogP contribution is -1.92. The Morgan fingerprint density at radius 3 is 2.78 bits per heavy atom. The van der Waals surface area contributed by atoms with Crippen LogP contribution in [0.3, 0.4) is 0 Å². The summed E-state index contributed by atoms with van der Waals surface area (Å²) in [6.45, 7) is 0. The molecule has 0 aliphatic carbocycles. The lowest BCUT2D eigenvalue weighted by molar-refractivity contribution is -0.387. The molecule has 0 fully saturated rings. The van der Waals surface area contributed by atoms with E-state index in [0.29, 0.717) is 4.90 Å². The molecule has 0 radical (unpaired) electrons. The molecule has 0 bridgehead atoms. The number of para-hydroxylation sites is 1. The van der Waals surface area contributed by atoms with Gasteiger partial charge < -0.3 is 0 Å². The largest absolute Gasteiger partial charge is 0.283 e. The van der Waals surface area contributed by atoms with E-state index in [0.717, 1.165) is 17.8 Å². The Bertz CT molecular complexity index is 609. The second kappa shape index (κ2) is 5.32. The monoisotopic (exact) mass is 284 g/mol. The zero-order valence-corrected chi connectivity index (χ0v) is 10.4. The summed E-state index contributed by atoms with van der Waals surface area (Å²) in [5.74, 6) is -0.606. The van der Waals surface area contributed by atoms with E-state index in [1.54, 1.807) is 18.2 Å². The highest BCUT2D eigenvalue weighted by Gasteiger charge is 2.16. The summed E-state index contributed by atoms with van der Waals surface area (Å²) in [5, 5.41) is 11.0. The quantitative estimate of drug-likeness (QED) is 0.633. The molecule has 4 nitrogen and oxygen atoms in total. The van der Waals surface area contributed by atoms with E-state index in [1.165, 1.54) is 12.3 Å². The first-order valence-corrected chi connectivity index (χ1v) is 5.99. The summed E-state index contributed by atoms with van der Waals surface area (Å²) in [6.07, 6.45) is 1.29. The minimum atomic E-state index is -0.606. The van der Waals surface area contributed by atoms with Crippen molar-refractivity contribution in [3.8, 4) is 0 Å². The van der Waals surface area contributed by atoms with Crippen molar-refractivity contribution in [1.82, 2.24) is 4.98 Å². The van der Waals surface area contributed by atoms with Crippen LogP contribution in [0.5, 0.6) is 0 Å². The summed E-state index contributed by atoms with van der Waals surface area (Å²) in [4.78, 5) is 14.4. The first kappa shape index (κ1) is 12.8. The first-order chi connectivity index (χ1) is 8.58. The van der Waals surface area contributed by atoms with Gasteiger partial charge in [-0.15, -0.1) is 0 Å². The molecule has 7 heteroatoms. The van der Waals surface area contributed by atoms with E-state index in [9.17, 15) is 14.5 Å². The standard InChI is InChI=1S/C11H6ClFN2O2S/c12-7-5-8(13)11(14-6-7)18-10-4-2-1-3-9(10)15(16)17/h1-6H. The zero-order chi connectivity index (χ0) is 13.1. The fourth-order valence-corrected chi connectivity index (χ4v) is 2.28. The Labute approximate surface area is 111 Å². The Morgan fingerprint density at radius 1 is 1.39 bits per heavy atom. The van der Waals surface area contributed by atoms with E-state index < -0.39 is 10.7 Å². The van der Waals surface area contributed by atoms with Crippen molar-refractivity contribution in [2.24, 2.45) is 0 Å². The average Bonchev–Trinajstić information content (AvgIpc) is 2.33. The topological polar surface area (TPSA) is 56.0 Å². The minimum absolute atomic E-state index is 0.0497. The van der Waals surface area contributed by atoms with Gasteiger partial charge in [-0.3, -0.25) is 10.1 Å². The Balaban J connectivity index is 2.37. The fourth-order valence-electron chi connectivity index (χ4n) is 1.28. The molecule has 0 atom stereocenters. The van der Waals surface area contributed by atoms with E-state index in [1.807, 2.05) is 0 Å². The molecule has 1 aromatic carbocycles. The summed E-state index contributed by atoms with van der Waals surface area (Å²) >= 11 is 6.47. The average molecular weight is 285 g/mol. The van der Waals surface area contributed by atoms with Crippen molar-refractivity contribution in [2.45, 2.75) is 9.92 Å². The highest BCUT2D eigenvalue weighted by molar-refractivity contribution is 7.99. The molecule has 0 aliphatic heterocycles. The number of aromatic nitrogens is 1. The maximum absolute atomic E-state index is 13.5. The first-order valence-electron chi connectivity index (χ1n) is 4.80. The van der Waals surface area contributed by atoms with Gasteiger partial charge in [-0.05, 0) is 12.1 Å². The van der Waals surface area contributed by atoms with Crippen LogP contribution in [-0.4, -0.2) is 9.91 Å². The number of nitro groups is 1. The molecular formula is C11H6ClFN2O2S. The molecular weight excluding hydrogens is 279 g/mol. The van der Waals surface area contributed by atoms with E-state index in [4.69, 9.17) is 11.6 Å². The lowest BCUT2D eigenvalue weighted by Gasteiger charge is -2.03. The second-order valence-corrected chi connectivity index (χ2v) is 4.73. The molecule has 1 heterocycles. The van der Waals surface area contributed by atoms with Crippen molar-refractivity contribution in [1.29, 1.82) is 0 Å². The second-order valence-electron chi connectivity index (χ2n) is 3.27. The van der Waals surface area contributed by atoms with E-state index >= 15 is 0 Å². The summed E-state index contributed by atoms with van der Waals surface area (Å²) in [7, 11) is 0. The minimum Gasteiger partial charge on any atom is -0.258 e. The maximum Gasteiger partial charge on any atom is 0.283 e. The highest BCUT2D eigenvalue weighted by Crippen LogP contribution is 2.34. The number of rotatable bonds is 3. The normalized spacial score (nSPS) is 10.3. The van der Waals surface area contributed by atoms with E-state index in [-0.39, 0.29) is 15.7 Å². The zero-order valence-electron chi connectivity index (χ0n) is 8.84. The Morgan fingerprint density at radius 2 is 2.11 bits per heavy atom. The van der Waals surface area contributed by atoms with Crippen LogP contribution in [0.25, 0.3) is 0 Å². The number of hydrogen-bond donors (Lipinski definition) is 0. The van der Waals surface area contributed by atoms with Crippen LogP contribution in [0.4, 0.5) is 10.1 Å². The van der Waals surface area contributed by atoms with Gasteiger partial charge in [0, 0.05) is 12.3 Å². The van der Waals surface area contributed by atoms with Crippen LogP contribution >= 0.6 is 23.4 Å². The van der Waals surface area contributed by atoms with Crippen LogP contribution < -0.4 is 0 Å². The molecule has 0 unspecified atom stereocenters. The van der Waals surface area contributed by atoms with Crippen LogP contribution in [-0.2, 0) is 0 Å². The van der Waals surface area contributed by atoms with Gasteiger partial charge in [0.2, 0.25) is 0 Å². The fraction of sp³-hybridized carbons (Fsp3) is 0. The molecule has 92 valence electrons. The Kier molecular flexibility index (Phi) is 3.78. The number of nitrogens with zero attached hydrogens (tertiary/aromatic N) is 2. The van der Waals surface area contributed by atoms with Crippen LogP contribution in [0.1, 0.15) is 0 Å². The van der Waals surface area contributed by atoms with Crippen LogP contribution in [0.2, 0.25) is 5.02 Å². The van der Waals surface area contributed by atoms with Gasteiger partial charge in [0.25, 0.3) is 5.69 Å². The molecule has 0 aliphatic rings. The number of pyridine rings is 1. The molecule has 0 amide bonds. The molecule has 0 saturated carbocycles. The van der Waals surface area contributed by atoms with Gasteiger partial charge in [-0.25, -0.2) is 9.37 Å². The Hall–Kier alpha value is -1.66. The third-order valence-electron chi connectivity index (χ3n) is 2.04. The van der Waals surface area contributed by atoms with Gasteiger partial charge in [-0.1, -0.05) is 35.5 Å². The number of hydrogen-bond acceptors (Lipinski definition) is 4. The molecule has 1 aromatic heterocycles. The summed E-state index contributed by atoms with van der Waals surface area (Å²) in [5.41, 5.74) is -0.0846. The molecule has 0 N–H and O–H groups in total. The third-order valence-corrected chi connectivity index (χ3v) is 3.31. The van der Waals surface area contributed by atoms with Crippen molar-refractivity contribution in [3.05, 3.63) is 57.5 Å². The number of halogens is 2. The predicted octanol–water partition coefficient (Wildman–Crippen LogP) is 3.93. The van der Waals surface area contributed by atoms with E-state index in [2.05, 4.69) is 4.98 Å². The van der Waals surface area contributed by atoms with Crippen molar-refractivity contribution in [2.75, 3.05) is 0 Å². The van der Waals surface area contributed by atoms with Crippen molar-refractivity contribution < 1.29 is 9.31 Å². The number of benzene rings is 1. The third kappa shape index (κ3) is 2.77. The van der Waals surface area contributed by atoms with Gasteiger partial charge in [-0.2, -0.15) is 0 Å². The molecule has 18 heavy (non-hydrogen) atoms. The molecule has 2 rings (SSSR count). The molecule has 2 aromatic rings. The summed E-state index contributed by atoms with van der Waals surface area (Å²) in [6, 6.07) is 7.21.